The molecule has 0 bridgehead atoms. The van der Waals surface area contributed by atoms with E-state index in [4.69, 9.17) is 16.3 Å². The molecule has 29 heavy (non-hydrogen) atoms. The number of hydrogen-bond donors (Lipinski definition) is 0. The monoisotopic (exact) mass is 427 g/mol. The summed E-state index contributed by atoms with van der Waals surface area (Å²) in [6, 6.07) is 8.44. The van der Waals surface area contributed by atoms with E-state index in [2.05, 4.69) is 4.74 Å². The minimum atomic E-state index is -2.98. The first kappa shape index (κ1) is 21.3. The summed E-state index contributed by atoms with van der Waals surface area (Å²) in [7, 11) is 0. The lowest BCUT2D eigenvalue weighted by atomic mass is 9.99. The molecular formula is C21H21ClF3NO3. The fourth-order valence-electron chi connectivity index (χ4n) is 3.61. The predicted molar refractivity (Wildman–Crippen MR) is 103 cm³/mol. The van der Waals surface area contributed by atoms with Crippen LogP contribution in [0.25, 0.3) is 0 Å². The summed E-state index contributed by atoms with van der Waals surface area (Å²) in [6.07, 6.45) is 0.445. The second-order valence-corrected chi connectivity index (χ2v) is 7.25. The maximum absolute atomic E-state index is 14.7. The number of ether oxygens (including phenoxy) is 2. The van der Waals surface area contributed by atoms with Gasteiger partial charge in [0.15, 0.2) is 0 Å². The largest absolute Gasteiger partial charge is 0.493 e. The number of benzene rings is 2. The molecule has 1 aliphatic heterocycles. The molecule has 8 heteroatoms. The Morgan fingerprint density at radius 2 is 2.00 bits per heavy atom. The quantitative estimate of drug-likeness (QED) is 0.578. The molecule has 0 aliphatic carbocycles. The van der Waals surface area contributed by atoms with Gasteiger partial charge in [0.2, 0.25) is 5.91 Å². The van der Waals surface area contributed by atoms with Crippen molar-refractivity contribution in [2.24, 2.45) is 5.92 Å². The number of likely N-dealkylation sites (tertiary alicyclic amines) is 1. The molecule has 1 aliphatic rings. The van der Waals surface area contributed by atoms with E-state index in [1.165, 1.54) is 18.2 Å². The molecule has 156 valence electrons. The normalized spacial score (nSPS) is 19.1. The summed E-state index contributed by atoms with van der Waals surface area (Å²) < 4.78 is 49.5. The zero-order chi connectivity index (χ0) is 21.1. The molecule has 0 saturated carbocycles. The maximum atomic E-state index is 14.7. The number of alkyl halides is 2. The number of nitrogens with zero attached hydrogens (tertiary/aromatic N) is 1. The van der Waals surface area contributed by atoms with Gasteiger partial charge in [-0.1, -0.05) is 30.7 Å². The summed E-state index contributed by atoms with van der Waals surface area (Å²) in [6.45, 7) is 1.14. The average Bonchev–Trinajstić information content (AvgIpc) is 2.92. The number of hydrogen-bond acceptors (Lipinski definition) is 3. The predicted octanol–water partition coefficient (Wildman–Crippen LogP) is 5.59. The fraction of sp³-hybridized carbons (Fsp3) is 0.381. The maximum Gasteiger partial charge on any atom is 0.387 e. The molecule has 1 heterocycles. The third-order valence-electron chi connectivity index (χ3n) is 4.87. The fourth-order valence-corrected chi connectivity index (χ4v) is 3.86. The van der Waals surface area contributed by atoms with Gasteiger partial charge in [-0.3, -0.25) is 4.79 Å². The highest BCUT2D eigenvalue weighted by atomic mass is 35.5. The molecule has 1 fully saturated rings. The summed E-state index contributed by atoms with van der Waals surface area (Å²) in [4.78, 5) is 14.4. The third kappa shape index (κ3) is 4.61. The van der Waals surface area contributed by atoms with Gasteiger partial charge in [-0.05, 0) is 43.2 Å². The highest BCUT2D eigenvalue weighted by Crippen LogP contribution is 2.42. The first-order valence-electron chi connectivity index (χ1n) is 9.26. The van der Waals surface area contributed by atoms with Crippen molar-refractivity contribution < 1.29 is 27.4 Å². The van der Waals surface area contributed by atoms with Crippen LogP contribution in [0.2, 0.25) is 5.02 Å². The SMILES string of the molecule is CCOc1cccc(F)c1C1CC(C)C(=O)N1Cc1ccc(OC(F)F)c(Cl)c1. The molecule has 0 aromatic heterocycles. The minimum absolute atomic E-state index is 0.0138. The van der Waals surface area contributed by atoms with E-state index < -0.39 is 18.5 Å². The Labute approximate surface area is 172 Å². The van der Waals surface area contributed by atoms with Gasteiger partial charge in [0, 0.05) is 12.5 Å². The van der Waals surface area contributed by atoms with Gasteiger partial charge in [-0.2, -0.15) is 8.78 Å². The zero-order valence-corrected chi connectivity index (χ0v) is 16.8. The smallest absolute Gasteiger partial charge is 0.387 e. The number of carbonyl (C=O) groups excluding carboxylic acids is 1. The Kier molecular flexibility index (Phi) is 6.57. The number of halogens is 4. The lowest BCUT2D eigenvalue weighted by Crippen LogP contribution is -2.29. The van der Waals surface area contributed by atoms with Crippen LogP contribution in [0, 0.1) is 11.7 Å². The summed E-state index contributed by atoms with van der Waals surface area (Å²) in [5, 5.41) is 0.0138. The van der Waals surface area contributed by atoms with Crippen LogP contribution in [0.4, 0.5) is 13.2 Å². The van der Waals surface area contributed by atoms with Crippen LogP contribution in [-0.4, -0.2) is 24.0 Å². The van der Waals surface area contributed by atoms with Crippen LogP contribution in [0.1, 0.15) is 37.4 Å². The van der Waals surface area contributed by atoms with Gasteiger partial charge >= 0.3 is 6.61 Å². The molecule has 0 spiro atoms. The highest BCUT2D eigenvalue weighted by Gasteiger charge is 2.40. The third-order valence-corrected chi connectivity index (χ3v) is 5.16. The topological polar surface area (TPSA) is 38.8 Å². The van der Waals surface area contributed by atoms with Crippen molar-refractivity contribution in [3.63, 3.8) is 0 Å². The van der Waals surface area contributed by atoms with E-state index in [1.54, 1.807) is 36.9 Å². The van der Waals surface area contributed by atoms with Gasteiger partial charge in [-0.25, -0.2) is 4.39 Å². The molecule has 0 radical (unpaired) electrons. The second kappa shape index (κ2) is 8.95. The van der Waals surface area contributed by atoms with Crippen molar-refractivity contribution in [2.45, 2.75) is 39.5 Å². The molecule has 1 saturated heterocycles. The Bertz CT molecular complexity index is 893. The van der Waals surface area contributed by atoms with Crippen molar-refractivity contribution in [2.75, 3.05) is 6.61 Å². The molecular weight excluding hydrogens is 407 g/mol. The number of amides is 1. The standard InChI is InChI=1S/C21H21ClF3NO3/c1-3-28-18-6-4-5-15(23)19(18)16-9-12(2)20(27)26(16)11-13-7-8-17(14(22)10-13)29-21(24)25/h4-8,10,12,16,21H,3,9,11H2,1-2H3. The number of rotatable bonds is 7. The molecule has 4 nitrogen and oxygen atoms in total. The Hall–Kier alpha value is -2.41. The van der Waals surface area contributed by atoms with Crippen LogP contribution in [0.3, 0.4) is 0 Å². The van der Waals surface area contributed by atoms with Gasteiger partial charge in [0.05, 0.1) is 23.2 Å². The van der Waals surface area contributed by atoms with E-state index in [0.29, 0.717) is 29.9 Å². The van der Waals surface area contributed by atoms with Crippen LogP contribution >= 0.6 is 11.6 Å². The van der Waals surface area contributed by atoms with Crippen molar-refractivity contribution >= 4 is 17.5 Å². The summed E-state index contributed by atoms with van der Waals surface area (Å²) >= 11 is 6.03. The van der Waals surface area contributed by atoms with Gasteiger partial charge in [0.25, 0.3) is 0 Å². The van der Waals surface area contributed by atoms with E-state index in [-0.39, 0.29) is 29.1 Å². The highest BCUT2D eigenvalue weighted by molar-refractivity contribution is 6.32. The Balaban J connectivity index is 1.92. The number of carbonyl (C=O) groups is 1. The van der Waals surface area contributed by atoms with E-state index in [1.807, 2.05) is 0 Å². The molecule has 2 unspecified atom stereocenters. The van der Waals surface area contributed by atoms with Crippen molar-refractivity contribution in [1.82, 2.24) is 4.90 Å². The molecule has 2 aromatic carbocycles. The Morgan fingerprint density at radius 3 is 2.66 bits per heavy atom. The van der Waals surface area contributed by atoms with Crippen LogP contribution in [0.15, 0.2) is 36.4 Å². The molecule has 0 N–H and O–H groups in total. The second-order valence-electron chi connectivity index (χ2n) is 6.85. The first-order chi connectivity index (χ1) is 13.8. The lowest BCUT2D eigenvalue weighted by Gasteiger charge is -2.27. The van der Waals surface area contributed by atoms with Crippen molar-refractivity contribution in [1.29, 1.82) is 0 Å². The molecule has 2 aromatic rings. The van der Waals surface area contributed by atoms with Gasteiger partial charge < -0.3 is 14.4 Å². The molecule has 3 rings (SSSR count). The van der Waals surface area contributed by atoms with E-state index >= 15 is 0 Å². The zero-order valence-electron chi connectivity index (χ0n) is 16.0. The van der Waals surface area contributed by atoms with Crippen molar-refractivity contribution in [3.8, 4) is 11.5 Å². The molecule has 1 amide bonds. The first-order valence-corrected chi connectivity index (χ1v) is 9.64. The van der Waals surface area contributed by atoms with Crippen LogP contribution < -0.4 is 9.47 Å². The van der Waals surface area contributed by atoms with Crippen LogP contribution in [-0.2, 0) is 11.3 Å². The average molecular weight is 428 g/mol. The molecule has 2 atom stereocenters. The van der Waals surface area contributed by atoms with E-state index in [0.717, 1.165) is 0 Å². The van der Waals surface area contributed by atoms with Crippen LogP contribution in [0.5, 0.6) is 11.5 Å². The van der Waals surface area contributed by atoms with Gasteiger partial charge in [-0.15, -0.1) is 0 Å². The van der Waals surface area contributed by atoms with Crippen molar-refractivity contribution in [3.05, 3.63) is 58.4 Å². The summed E-state index contributed by atoms with van der Waals surface area (Å²) in [5.41, 5.74) is 0.967. The Morgan fingerprint density at radius 1 is 1.24 bits per heavy atom. The van der Waals surface area contributed by atoms with E-state index in [9.17, 15) is 18.0 Å². The minimum Gasteiger partial charge on any atom is -0.493 e. The van der Waals surface area contributed by atoms with Gasteiger partial charge in [0.1, 0.15) is 17.3 Å². The lowest BCUT2D eigenvalue weighted by molar-refractivity contribution is -0.132. The summed E-state index contributed by atoms with van der Waals surface area (Å²) in [5.74, 6) is -0.582.